The lowest BCUT2D eigenvalue weighted by molar-refractivity contribution is 0.0946. The molecule has 1 aromatic heterocycles. The number of fused-ring (bicyclic) bond motifs is 1. The summed E-state index contributed by atoms with van der Waals surface area (Å²) in [4.78, 5) is 15.4. The van der Waals surface area contributed by atoms with Crippen LogP contribution in [0.3, 0.4) is 0 Å². The molecule has 2 unspecified atom stereocenters. The molecule has 1 saturated heterocycles. The molecule has 112 valence electrons. The van der Waals surface area contributed by atoms with Crippen LogP contribution in [0.15, 0.2) is 30.8 Å². The number of carbonyl (C=O) groups excluding carboxylic acids is 1. The summed E-state index contributed by atoms with van der Waals surface area (Å²) in [5, 5.41) is 16.0. The van der Waals surface area contributed by atoms with Gasteiger partial charge in [0.05, 0.1) is 12.0 Å². The highest BCUT2D eigenvalue weighted by Gasteiger charge is 2.24. The molecule has 0 spiro atoms. The predicted octanol–water partition coefficient (Wildman–Crippen LogP) is 2.04. The lowest BCUT2D eigenvalue weighted by atomic mass is 10.1. The van der Waals surface area contributed by atoms with Gasteiger partial charge >= 0.3 is 0 Å². The molecular weight excluding hydrogens is 276 g/mol. The zero-order chi connectivity index (χ0) is 15.5. The van der Waals surface area contributed by atoms with Crippen LogP contribution in [0.5, 0.6) is 0 Å². The largest absolute Gasteiger partial charge is 0.351 e. The minimum atomic E-state index is -0.126. The number of H-pyrrole nitrogens is 1. The van der Waals surface area contributed by atoms with E-state index in [1.807, 2.05) is 24.3 Å². The van der Waals surface area contributed by atoms with Crippen molar-refractivity contribution in [2.24, 2.45) is 5.92 Å². The number of aromatic nitrogens is 1. The average molecular weight is 294 g/mol. The van der Waals surface area contributed by atoms with E-state index in [-0.39, 0.29) is 17.9 Å². The average Bonchev–Trinajstić information content (AvgIpc) is 3.18. The van der Waals surface area contributed by atoms with Crippen LogP contribution in [0.2, 0.25) is 0 Å². The van der Waals surface area contributed by atoms with Gasteiger partial charge in [0.1, 0.15) is 5.69 Å². The van der Waals surface area contributed by atoms with E-state index in [9.17, 15) is 4.79 Å². The maximum absolute atomic E-state index is 12.2. The first-order valence-corrected chi connectivity index (χ1v) is 7.36. The molecule has 0 bridgehead atoms. The van der Waals surface area contributed by atoms with Crippen molar-refractivity contribution in [1.29, 1.82) is 5.26 Å². The monoisotopic (exact) mass is 294 g/mol. The van der Waals surface area contributed by atoms with E-state index in [4.69, 9.17) is 5.26 Å². The van der Waals surface area contributed by atoms with Crippen molar-refractivity contribution in [3.8, 4) is 6.07 Å². The summed E-state index contributed by atoms with van der Waals surface area (Å²) in [6.07, 6.45) is 2.56. The van der Waals surface area contributed by atoms with Gasteiger partial charge in [-0.1, -0.05) is 24.8 Å². The molecule has 3 N–H and O–H groups in total. The Morgan fingerprint density at radius 2 is 2.36 bits per heavy atom. The summed E-state index contributed by atoms with van der Waals surface area (Å²) < 4.78 is 0. The fraction of sp³-hybridized carbons (Fsp3) is 0.294. The number of benzene rings is 1. The van der Waals surface area contributed by atoms with Crippen LogP contribution < -0.4 is 10.6 Å². The smallest absolute Gasteiger partial charge is 0.267 e. The van der Waals surface area contributed by atoms with E-state index in [1.54, 1.807) is 6.08 Å². The van der Waals surface area contributed by atoms with Crippen molar-refractivity contribution < 1.29 is 4.79 Å². The van der Waals surface area contributed by atoms with Gasteiger partial charge in [0.15, 0.2) is 0 Å². The van der Waals surface area contributed by atoms with Crippen molar-refractivity contribution in [3.63, 3.8) is 0 Å². The molecule has 0 saturated carbocycles. The molecule has 2 aromatic rings. The van der Waals surface area contributed by atoms with E-state index in [1.165, 1.54) is 0 Å². The van der Waals surface area contributed by atoms with Crippen LogP contribution in [-0.4, -0.2) is 30.0 Å². The third-order valence-electron chi connectivity index (χ3n) is 4.04. The summed E-state index contributed by atoms with van der Waals surface area (Å²) >= 11 is 0. The Morgan fingerprint density at radius 3 is 3.09 bits per heavy atom. The van der Waals surface area contributed by atoms with E-state index in [0.29, 0.717) is 18.8 Å². The summed E-state index contributed by atoms with van der Waals surface area (Å²) in [6.45, 7) is 4.98. The van der Waals surface area contributed by atoms with E-state index in [0.717, 1.165) is 22.9 Å². The number of aromatic amines is 1. The highest BCUT2D eigenvalue weighted by Crippen LogP contribution is 2.18. The molecule has 0 aliphatic carbocycles. The van der Waals surface area contributed by atoms with Crippen molar-refractivity contribution in [2.75, 3.05) is 13.1 Å². The highest BCUT2D eigenvalue weighted by atomic mass is 16.1. The Balaban J connectivity index is 1.65. The van der Waals surface area contributed by atoms with Crippen LogP contribution in [0.1, 0.15) is 22.5 Å². The lowest BCUT2D eigenvalue weighted by Gasteiger charge is -2.10. The fourth-order valence-corrected chi connectivity index (χ4v) is 2.78. The zero-order valence-electron chi connectivity index (χ0n) is 12.2. The SMILES string of the molecule is C=Cc1ccc2cc(C(=O)NCC3CC(C#N)CN3)[nH]c2c1. The van der Waals surface area contributed by atoms with Crippen LogP contribution in [0, 0.1) is 17.2 Å². The molecule has 5 heteroatoms. The normalized spacial score (nSPS) is 20.7. The van der Waals surface area contributed by atoms with Crippen LogP contribution >= 0.6 is 0 Å². The molecule has 2 atom stereocenters. The van der Waals surface area contributed by atoms with Gasteiger partial charge in [0, 0.05) is 30.0 Å². The number of nitrogens with one attached hydrogen (secondary N) is 3. The van der Waals surface area contributed by atoms with E-state index >= 15 is 0 Å². The number of hydrogen-bond donors (Lipinski definition) is 3. The maximum atomic E-state index is 12.2. The third kappa shape index (κ3) is 2.87. The minimum absolute atomic E-state index is 0.0484. The second-order valence-corrected chi connectivity index (χ2v) is 5.61. The van der Waals surface area contributed by atoms with Crippen LogP contribution in [0.4, 0.5) is 0 Å². The molecule has 1 fully saturated rings. The summed E-state index contributed by atoms with van der Waals surface area (Å²) in [5.74, 6) is -0.0779. The number of hydrogen-bond acceptors (Lipinski definition) is 3. The first-order valence-electron chi connectivity index (χ1n) is 7.36. The molecule has 0 radical (unpaired) electrons. The zero-order valence-corrected chi connectivity index (χ0v) is 12.2. The van der Waals surface area contributed by atoms with Gasteiger partial charge in [-0.25, -0.2) is 0 Å². The molecular formula is C17H18N4O. The summed E-state index contributed by atoms with van der Waals surface area (Å²) in [7, 11) is 0. The van der Waals surface area contributed by atoms with Crippen molar-refractivity contribution in [1.82, 2.24) is 15.6 Å². The maximum Gasteiger partial charge on any atom is 0.267 e. The quantitative estimate of drug-likeness (QED) is 0.807. The molecule has 5 nitrogen and oxygen atoms in total. The number of nitrogens with zero attached hydrogens (tertiary/aromatic N) is 1. The Hall–Kier alpha value is -2.58. The molecule has 22 heavy (non-hydrogen) atoms. The van der Waals surface area contributed by atoms with Crippen molar-refractivity contribution >= 4 is 22.9 Å². The van der Waals surface area contributed by atoms with Gasteiger partial charge in [0.2, 0.25) is 0 Å². The summed E-state index contributed by atoms with van der Waals surface area (Å²) in [5.41, 5.74) is 2.48. The van der Waals surface area contributed by atoms with Gasteiger partial charge in [0.25, 0.3) is 5.91 Å². The molecule has 1 aromatic carbocycles. The number of carbonyl (C=O) groups is 1. The molecule has 1 aliphatic heterocycles. The van der Waals surface area contributed by atoms with Gasteiger partial charge in [-0.15, -0.1) is 0 Å². The second-order valence-electron chi connectivity index (χ2n) is 5.61. The second kappa shape index (κ2) is 6.04. The molecule has 2 heterocycles. The van der Waals surface area contributed by atoms with Crippen LogP contribution in [-0.2, 0) is 0 Å². The third-order valence-corrected chi connectivity index (χ3v) is 4.04. The Morgan fingerprint density at radius 1 is 1.50 bits per heavy atom. The number of rotatable bonds is 4. The van der Waals surface area contributed by atoms with E-state index in [2.05, 4.69) is 28.3 Å². The molecule has 1 aliphatic rings. The first kappa shape index (κ1) is 14.4. The fourth-order valence-electron chi connectivity index (χ4n) is 2.78. The Kier molecular flexibility index (Phi) is 3.94. The van der Waals surface area contributed by atoms with Crippen molar-refractivity contribution in [2.45, 2.75) is 12.5 Å². The Bertz CT molecular complexity index is 756. The first-order chi connectivity index (χ1) is 10.7. The Labute approximate surface area is 129 Å². The van der Waals surface area contributed by atoms with Gasteiger partial charge in [-0.05, 0) is 24.1 Å². The van der Waals surface area contributed by atoms with Gasteiger partial charge in [-0.2, -0.15) is 5.26 Å². The van der Waals surface area contributed by atoms with E-state index < -0.39 is 0 Å². The van der Waals surface area contributed by atoms with Crippen molar-refractivity contribution in [3.05, 3.63) is 42.1 Å². The minimum Gasteiger partial charge on any atom is -0.351 e. The van der Waals surface area contributed by atoms with Gasteiger partial charge in [-0.3, -0.25) is 4.79 Å². The molecule has 3 rings (SSSR count). The number of amides is 1. The number of nitriles is 1. The lowest BCUT2D eigenvalue weighted by Crippen LogP contribution is -2.37. The predicted molar refractivity (Wildman–Crippen MR) is 86.2 cm³/mol. The van der Waals surface area contributed by atoms with Gasteiger partial charge < -0.3 is 15.6 Å². The topological polar surface area (TPSA) is 80.7 Å². The standard InChI is InChI=1S/C17H18N4O/c1-2-11-3-4-13-7-16(21-15(13)6-11)17(22)20-10-14-5-12(8-18)9-19-14/h2-4,6-7,12,14,19,21H,1,5,9-10H2,(H,20,22). The highest BCUT2D eigenvalue weighted by molar-refractivity contribution is 5.98. The molecule has 1 amide bonds. The van der Waals surface area contributed by atoms with Crippen LogP contribution in [0.25, 0.3) is 17.0 Å². The summed E-state index contributed by atoms with van der Waals surface area (Å²) in [6, 6.07) is 10.2.